The largest absolute Gasteiger partial charge is 0.508 e. The molecule has 2 nitrogen and oxygen atoms in total. The third-order valence-corrected chi connectivity index (χ3v) is 10.6. The Hall–Kier alpha value is -3.52. The minimum Gasteiger partial charge on any atom is -0.508 e. The lowest BCUT2D eigenvalue weighted by molar-refractivity contribution is 0.434. The van der Waals surface area contributed by atoms with Crippen LogP contribution in [0.1, 0.15) is 146 Å². The average Bonchev–Trinajstić information content (AvgIpc) is 3.07. The zero-order chi connectivity index (χ0) is 29.8. The molecule has 6 rings (SSSR count). The van der Waals surface area contributed by atoms with E-state index in [0.29, 0.717) is 29.8 Å². The van der Waals surface area contributed by atoms with E-state index in [9.17, 15) is 10.2 Å². The summed E-state index contributed by atoms with van der Waals surface area (Å²) in [6, 6.07) is 29.8. The molecule has 0 heterocycles. The van der Waals surface area contributed by atoms with Crippen molar-refractivity contribution >= 4 is 0 Å². The maximum absolute atomic E-state index is 11.6. The van der Waals surface area contributed by atoms with Gasteiger partial charge in [0.05, 0.1) is 0 Å². The van der Waals surface area contributed by atoms with Gasteiger partial charge >= 0.3 is 0 Å². The molecule has 2 unspecified atom stereocenters. The van der Waals surface area contributed by atoms with Crippen molar-refractivity contribution in [3.63, 3.8) is 0 Å². The Kier molecular flexibility index (Phi) is 9.22. The van der Waals surface area contributed by atoms with E-state index in [1.54, 1.807) is 0 Å². The van der Waals surface area contributed by atoms with Crippen molar-refractivity contribution in [3.05, 3.63) is 129 Å². The quantitative estimate of drug-likeness (QED) is 0.220. The molecular formula is C41H48O2. The summed E-state index contributed by atoms with van der Waals surface area (Å²) in [5, 5.41) is 23.3. The van der Waals surface area contributed by atoms with Gasteiger partial charge in [-0.2, -0.15) is 0 Å². The molecule has 4 aromatic rings. The van der Waals surface area contributed by atoms with Gasteiger partial charge in [-0.25, -0.2) is 0 Å². The Morgan fingerprint density at radius 2 is 0.884 bits per heavy atom. The molecule has 2 atom stereocenters. The van der Waals surface area contributed by atoms with E-state index < -0.39 is 0 Å². The van der Waals surface area contributed by atoms with Crippen LogP contribution in [0.25, 0.3) is 0 Å². The number of benzene rings is 4. The van der Waals surface area contributed by atoms with Gasteiger partial charge in [0.25, 0.3) is 0 Å². The summed E-state index contributed by atoms with van der Waals surface area (Å²) in [5.74, 6) is 1.99. The number of rotatable bonds is 8. The molecule has 2 heteroatoms. The fourth-order valence-electron chi connectivity index (χ4n) is 8.27. The molecule has 2 N–H and O–H groups in total. The van der Waals surface area contributed by atoms with Gasteiger partial charge < -0.3 is 10.2 Å². The molecule has 4 aromatic carbocycles. The predicted molar refractivity (Wildman–Crippen MR) is 179 cm³/mol. The van der Waals surface area contributed by atoms with Crippen LogP contribution in [0.3, 0.4) is 0 Å². The molecule has 2 saturated carbocycles. The SMILES string of the molecule is CC(c1ccccc1)c1c(C2CCCCC2)ccc(O)c1Cc1c(O)ccc(C2CCCCC2)c1C(C)c1ccccc1. The number of hydrogen-bond donors (Lipinski definition) is 2. The van der Waals surface area contributed by atoms with Crippen molar-refractivity contribution in [2.24, 2.45) is 0 Å². The Labute approximate surface area is 258 Å². The molecule has 0 saturated heterocycles. The number of phenolic OH excluding ortho intramolecular Hbond substituents is 2. The van der Waals surface area contributed by atoms with Crippen LogP contribution in [0.5, 0.6) is 11.5 Å². The lowest BCUT2D eigenvalue weighted by Crippen LogP contribution is -2.15. The van der Waals surface area contributed by atoms with E-state index in [2.05, 4.69) is 86.6 Å². The third-order valence-electron chi connectivity index (χ3n) is 10.6. The number of aromatic hydroxyl groups is 2. The van der Waals surface area contributed by atoms with E-state index in [1.165, 1.54) is 97.6 Å². The summed E-state index contributed by atoms with van der Waals surface area (Å²) < 4.78 is 0. The molecule has 0 aromatic heterocycles. The summed E-state index contributed by atoms with van der Waals surface area (Å²) in [5.41, 5.74) is 9.81. The second-order valence-corrected chi connectivity index (χ2v) is 13.2. The zero-order valence-electron chi connectivity index (χ0n) is 26.1. The highest BCUT2D eigenvalue weighted by atomic mass is 16.3. The van der Waals surface area contributed by atoms with Gasteiger partial charge in [0.15, 0.2) is 0 Å². The third kappa shape index (κ3) is 6.26. The van der Waals surface area contributed by atoms with Crippen molar-refractivity contribution < 1.29 is 10.2 Å². The van der Waals surface area contributed by atoms with Crippen LogP contribution in [-0.4, -0.2) is 10.2 Å². The number of phenols is 2. The van der Waals surface area contributed by atoms with E-state index in [1.807, 2.05) is 12.1 Å². The van der Waals surface area contributed by atoms with Crippen molar-refractivity contribution in [2.75, 3.05) is 0 Å². The van der Waals surface area contributed by atoms with Crippen molar-refractivity contribution in [2.45, 2.75) is 108 Å². The summed E-state index contributed by atoms with van der Waals surface area (Å²) in [6.07, 6.45) is 13.0. The fourth-order valence-corrected chi connectivity index (χ4v) is 8.27. The maximum Gasteiger partial charge on any atom is 0.119 e. The first kappa shape index (κ1) is 29.5. The smallest absolute Gasteiger partial charge is 0.119 e. The van der Waals surface area contributed by atoms with Crippen LogP contribution in [0.4, 0.5) is 0 Å². The molecule has 2 fully saturated rings. The van der Waals surface area contributed by atoms with Crippen molar-refractivity contribution in [1.29, 1.82) is 0 Å². The van der Waals surface area contributed by atoms with Gasteiger partial charge in [-0.3, -0.25) is 0 Å². The molecule has 224 valence electrons. The van der Waals surface area contributed by atoms with Gasteiger partial charge in [0.1, 0.15) is 11.5 Å². The molecule has 0 radical (unpaired) electrons. The highest BCUT2D eigenvalue weighted by Crippen LogP contribution is 2.47. The Bertz CT molecular complexity index is 1380. The van der Waals surface area contributed by atoms with E-state index >= 15 is 0 Å². The highest BCUT2D eigenvalue weighted by Gasteiger charge is 2.30. The first-order valence-corrected chi connectivity index (χ1v) is 16.8. The van der Waals surface area contributed by atoms with Gasteiger partial charge in [-0.15, -0.1) is 0 Å². The first-order chi connectivity index (χ1) is 21.0. The summed E-state index contributed by atoms with van der Waals surface area (Å²) in [4.78, 5) is 0. The highest BCUT2D eigenvalue weighted by molar-refractivity contribution is 5.57. The van der Waals surface area contributed by atoms with Crippen LogP contribution in [-0.2, 0) is 6.42 Å². The Morgan fingerprint density at radius 1 is 0.512 bits per heavy atom. The minimum absolute atomic E-state index is 0.138. The van der Waals surface area contributed by atoms with Gasteiger partial charge in [-0.1, -0.05) is 125 Å². The average molecular weight is 573 g/mol. The van der Waals surface area contributed by atoms with Crippen molar-refractivity contribution in [3.8, 4) is 11.5 Å². The summed E-state index contributed by atoms with van der Waals surface area (Å²) in [6.45, 7) is 4.59. The number of hydrogen-bond acceptors (Lipinski definition) is 2. The van der Waals surface area contributed by atoms with Gasteiger partial charge in [0.2, 0.25) is 0 Å². The van der Waals surface area contributed by atoms with Crippen LogP contribution >= 0.6 is 0 Å². The minimum atomic E-state index is 0.138. The second kappa shape index (κ2) is 13.4. The predicted octanol–water partition coefficient (Wildman–Crippen LogP) is 11.1. The van der Waals surface area contributed by atoms with E-state index in [0.717, 1.165) is 11.1 Å². The van der Waals surface area contributed by atoms with Crippen LogP contribution in [0, 0.1) is 0 Å². The molecule has 0 amide bonds. The fraction of sp³-hybridized carbons (Fsp3) is 0.415. The molecule has 0 aliphatic heterocycles. The van der Waals surface area contributed by atoms with Crippen LogP contribution in [0.15, 0.2) is 84.9 Å². The first-order valence-electron chi connectivity index (χ1n) is 16.8. The van der Waals surface area contributed by atoms with Crippen LogP contribution < -0.4 is 0 Å². The van der Waals surface area contributed by atoms with Crippen molar-refractivity contribution in [1.82, 2.24) is 0 Å². The lowest BCUT2D eigenvalue weighted by Gasteiger charge is -2.31. The van der Waals surface area contributed by atoms with Gasteiger partial charge in [0, 0.05) is 29.4 Å². The van der Waals surface area contributed by atoms with E-state index in [-0.39, 0.29) is 11.8 Å². The monoisotopic (exact) mass is 572 g/mol. The molecule has 0 spiro atoms. The molecule has 2 aliphatic carbocycles. The normalized spacial score (nSPS) is 17.9. The maximum atomic E-state index is 11.6. The standard InChI is InChI=1S/C41H48O2/c1-28(30-15-7-3-8-16-30)40-34(32-19-11-5-12-20-32)23-25-38(42)36(40)27-37-39(43)26-24-35(33-21-13-6-14-22-33)41(37)29(2)31-17-9-4-10-18-31/h3-4,7-10,15-18,23-26,28-29,32-33,42-43H,5-6,11-14,19-22,27H2,1-2H3. The Morgan fingerprint density at radius 3 is 1.26 bits per heavy atom. The molecule has 2 aliphatic rings. The lowest BCUT2D eigenvalue weighted by atomic mass is 9.73. The van der Waals surface area contributed by atoms with Crippen LogP contribution in [0.2, 0.25) is 0 Å². The van der Waals surface area contributed by atoms with Gasteiger partial charge in [-0.05, 0) is 83.0 Å². The Balaban J connectivity index is 1.53. The topological polar surface area (TPSA) is 40.5 Å². The zero-order valence-corrected chi connectivity index (χ0v) is 26.1. The second-order valence-electron chi connectivity index (χ2n) is 13.2. The molecular weight excluding hydrogens is 524 g/mol. The summed E-state index contributed by atoms with van der Waals surface area (Å²) in [7, 11) is 0. The molecule has 0 bridgehead atoms. The molecule has 43 heavy (non-hydrogen) atoms. The summed E-state index contributed by atoms with van der Waals surface area (Å²) >= 11 is 0. The van der Waals surface area contributed by atoms with E-state index in [4.69, 9.17) is 0 Å².